The third-order valence-corrected chi connectivity index (χ3v) is 5.13. The maximum absolute atomic E-state index is 13.2. The Morgan fingerprint density at radius 3 is 2.73 bits per heavy atom. The molecule has 3 heterocycles. The fourth-order valence-corrected chi connectivity index (χ4v) is 3.98. The molecule has 5 heteroatoms. The van der Waals surface area contributed by atoms with Crippen molar-refractivity contribution in [2.45, 2.75) is 46.1 Å². The molecule has 134 valence electrons. The lowest BCUT2D eigenvalue weighted by molar-refractivity contribution is 0.0735. The van der Waals surface area contributed by atoms with E-state index in [1.807, 2.05) is 17.9 Å². The Bertz CT molecular complexity index is 956. The molecular weight excluding hydrogens is 326 g/mol. The summed E-state index contributed by atoms with van der Waals surface area (Å²) < 4.78 is 5.23. The summed E-state index contributed by atoms with van der Waals surface area (Å²) in [5.41, 5.74) is 5.63. The number of hydrogen-bond donors (Lipinski definition) is 0. The highest BCUT2D eigenvalue weighted by Crippen LogP contribution is 2.34. The number of aryl methyl sites for hydroxylation is 3. The van der Waals surface area contributed by atoms with Crippen LogP contribution in [0.25, 0.3) is 11.1 Å². The van der Waals surface area contributed by atoms with Crippen LogP contribution in [0.4, 0.5) is 0 Å². The van der Waals surface area contributed by atoms with Crippen LogP contribution in [0, 0.1) is 13.8 Å². The molecule has 3 aromatic rings. The molecule has 0 aliphatic carbocycles. The number of aromatic nitrogens is 2. The third kappa shape index (κ3) is 2.87. The summed E-state index contributed by atoms with van der Waals surface area (Å²) in [5, 5.41) is 4.87. The largest absolute Gasteiger partial charge is 0.336 e. The second kappa shape index (κ2) is 6.56. The minimum atomic E-state index is 0.0318. The van der Waals surface area contributed by atoms with Gasteiger partial charge in [-0.05, 0) is 44.7 Å². The van der Waals surface area contributed by atoms with Crippen molar-refractivity contribution in [1.82, 2.24) is 15.0 Å². The summed E-state index contributed by atoms with van der Waals surface area (Å²) in [6.07, 6.45) is 4.37. The van der Waals surface area contributed by atoms with E-state index in [2.05, 4.69) is 42.2 Å². The van der Waals surface area contributed by atoms with Crippen LogP contribution in [0.2, 0.25) is 0 Å². The van der Waals surface area contributed by atoms with Crippen LogP contribution in [-0.2, 0) is 6.42 Å². The van der Waals surface area contributed by atoms with E-state index in [1.54, 1.807) is 6.20 Å². The molecule has 1 aliphatic heterocycles. The summed E-state index contributed by atoms with van der Waals surface area (Å²) in [5.74, 6) is 0.0318. The van der Waals surface area contributed by atoms with E-state index in [0.717, 1.165) is 36.9 Å². The first-order valence-corrected chi connectivity index (χ1v) is 9.20. The van der Waals surface area contributed by atoms with Crippen molar-refractivity contribution in [1.29, 1.82) is 0 Å². The van der Waals surface area contributed by atoms with E-state index in [0.29, 0.717) is 11.3 Å². The van der Waals surface area contributed by atoms with E-state index < -0.39 is 0 Å². The van der Waals surface area contributed by atoms with Crippen molar-refractivity contribution in [3.8, 4) is 0 Å². The van der Waals surface area contributed by atoms with Crippen LogP contribution in [0.5, 0.6) is 0 Å². The van der Waals surface area contributed by atoms with Crippen molar-refractivity contribution in [2.75, 3.05) is 6.54 Å². The van der Waals surface area contributed by atoms with E-state index in [-0.39, 0.29) is 11.9 Å². The molecule has 1 saturated heterocycles. The van der Waals surface area contributed by atoms with Gasteiger partial charge in [0.05, 0.1) is 22.7 Å². The Hall–Kier alpha value is -2.69. The Labute approximate surface area is 153 Å². The second-order valence-electron chi connectivity index (χ2n) is 7.14. The van der Waals surface area contributed by atoms with Gasteiger partial charge in [0.25, 0.3) is 11.6 Å². The Balaban J connectivity index is 1.68. The molecule has 0 spiro atoms. The van der Waals surface area contributed by atoms with E-state index in [4.69, 9.17) is 4.52 Å². The standard InChI is InChI=1S/C21H23N3O2/c1-4-18-17-11-16(12-22-20(17)26-23-18)21(25)24-7-5-6-19(24)15-9-13(2)8-14(3)10-15/h8-12,19H,4-7H2,1-3H3. The van der Waals surface area contributed by atoms with Gasteiger partial charge in [-0.1, -0.05) is 41.4 Å². The van der Waals surface area contributed by atoms with Crippen molar-refractivity contribution < 1.29 is 9.32 Å². The second-order valence-corrected chi connectivity index (χ2v) is 7.14. The van der Waals surface area contributed by atoms with Crippen LogP contribution in [0.15, 0.2) is 35.0 Å². The molecule has 1 aliphatic rings. The number of carbonyl (C=O) groups excluding carboxylic acids is 1. The molecule has 0 bridgehead atoms. The van der Waals surface area contributed by atoms with E-state index in [1.165, 1.54) is 16.7 Å². The van der Waals surface area contributed by atoms with Gasteiger partial charge in [-0.25, -0.2) is 4.98 Å². The maximum Gasteiger partial charge on any atom is 0.257 e. The van der Waals surface area contributed by atoms with Gasteiger partial charge in [-0.2, -0.15) is 0 Å². The molecule has 0 N–H and O–H groups in total. The van der Waals surface area contributed by atoms with E-state index >= 15 is 0 Å². The monoisotopic (exact) mass is 349 g/mol. The van der Waals surface area contributed by atoms with Gasteiger partial charge >= 0.3 is 0 Å². The SMILES string of the molecule is CCc1noc2ncc(C(=O)N3CCCC3c3cc(C)cc(C)c3)cc12. The van der Waals surface area contributed by atoms with Crippen LogP contribution >= 0.6 is 0 Å². The minimum absolute atomic E-state index is 0.0318. The Morgan fingerprint density at radius 1 is 1.23 bits per heavy atom. The number of amides is 1. The normalized spacial score (nSPS) is 17.2. The van der Waals surface area contributed by atoms with Gasteiger partial charge in [-0.3, -0.25) is 4.79 Å². The predicted octanol–water partition coefficient (Wildman–Crippen LogP) is 4.38. The molecule has 0 radical (unpaired) electrons. The molecule has 1 fully saturated rings. The number of nitrogens with zero attached hydrogens (tertiary/aromatic N) is 3. The van der Waals surface area contributed by atoms with Crippen molar-refractivity contribution in [3.63, 3.8) is 0 Å². The molecule has 1 amide bonds. The van der Waals surface area contributed by atoms with E-state index in [9.17, 15) is 4.79 Å². The highest BCUT2D eigenvalue weighted by Gasteiger charge is 2.31. The number of rotatable bonds is 3. The summed E-state index contributed by atoms with van der Waals surface area (Å²) in [4.78, 5) is 19.5. The zero-order valence-electron chi connectivity index (χ0n) is 15.5. The predicted molar refractivity (Wildman–Crippen MR) is 100 cm³/mol. The zero-order chi connectivity index (χ0) is 18.3. The smallest absolute Gasteiger partial charge is 0.257 e. The van der Waals surface area contributed by atoms with Gasteiger partial charge < -0.3 is 9.42 Å². The first-order chi connectivity index (χ1) is 12.6. The molecule has 1 aromatic carbocycles. The first kappa shape index (κ1) is 16.8. The average Bonchev–Trinajstić information content (AvgIpc) is 3.26. The van der Waals surface area contributed by atoms with Gasteiger partial charge in [0.1, 0.15) is 0 Å². The molecule has 2 aromatic heterocycles. The minimum Gasteiger partial charge on any atom is -0.336 e. The van der Waals surface area contributed by atoms with Gasteiger partial charge in [0.2, 0.25) is 0 Å². The van der Waals surface area contributed by atoms with Crippen LogP contribution in [0.1, 0.15) is 58.5 Å². The van der Waals surface area contributed by atoms with Crippen LogP contribution in [0.3, 0.4) is 0 Å². The lowest BCUT2D eigenvalue weighted by Gasteiger charge is -2.25. The lowest BCUT2D eigenvalue weighted by Crippen LogP contribution is -2.30. The average molecular weight is 349 g/mol. The fraction of sp³-hybridized carbons (Fsp3) is 0.381. The number of likely N-dealkylation sites (tertiary alicyclic amines) is 1. The molecule has 1 unspecified atom stereocenters. The maximum atomic E-state index is 13.2. The zero-order valence-corrected chi connectivity index (χ0v) is 15.5. The summed E-state index contributed by atoms with van der Waals surface area (Å²) >= 11 is 0. The number of hydrogen-bond acceptors (Lipinski definition) is 4. The summed E-state index contributed by atoms with van der Waals surface area (Å²) in [6, 6.07) is 8.56. The van der Waals surface area contributed by atoms with Crippen molar-refractivity contribution in [2.24, 2.45) is 0 Å². The molecule has 5 nitrogen and oxygen atoms in total. The number of pyridine rings is 1. The van der Waals surface area contributed by atoms with Crippen molar-refractivity contribution in [3.05, 3.63) is 58.4 Å². The van der Waals surface area contributed by atoms with Gasteiger partial charge in [0, 0.05) is 12.7 Å². The molecule has 26 heavy (non-hydrogen) atoms. The molecule has 1 atom stereocenters. The molecule has 4 rings (SSSR count). The topological polar surface area (TPSA) is 59.2 Å². The Kier molecular flexibility index (Phi) is 4.23. The van der Waals surface area contributed by atoms with Gasteiger partial charge in [0.15, 0.2) is 0 Å². The third-order valence-electron chi connectivity index (χ3n) is 5.13. The lowest BCUT2D eigenvalue weighted by atomic mass is 9.99. The summed E-state index contributed by atoms with van der Waals surface area (Å²) in [6.45, 7) is 7.00. The molecule has 0 saturated carbocycles. The highest BCUT2D eigenvalue weighted by atomic mass is 16.5. The number of carbonyl (C=O) groups is 1. The van der Waals surface area contributed by atoms with Crippen LogP contribution in [-0.4, -0.2) is 27.5 Å². The van der Waals surface area contributed by atoms with Crippen molar-refractivity contribution >= 4 is 17.0 Å². The molecular formula is C21H23N3O2. The fourth-order valence-electron chi connectivity index (χ4n) is 3.98. The number of fused-ring (bicyclic) bond motifs is 1. The van der Waals surface area contributed by atoms with Gasteiger partial charge in [-0.15, -0.1) is 0 Å². The highest BCUT2D eigenvalue weighted by molar-refractivity contribution is 5.97. The Morgan fingerprint density at radius 2 is 2.00 bits per heavy atom. The summed E-state index contributed by atoms with van der Waals surface area (Å²) in [7, 11) is 0. The number of benzene rings is 1. The quantitative estimate of drug-likeness (QED) is 0.704. The first-order valence-electron chi connectivity index (χ1n) is 9.20. The van der Waals surface area contributed by atoms with Crippen LogP contribution < -0.4 is 0 Å².